The number of alkyl carbamates (subject to hydrolysis) is 1. The number of rotatable bonds is 6. The topological polar surface area (TPSA) is 75.6 Å². The van der Waals surface area contributed by atoms with Crippen LogP contribution in [-0.4, -0.2) is 29.3 Å². The second-order valence-electron chi connectivity index (χ2n) is 5.31. The average molecular weight is 275 g/mol. The van der Waals surface area contributed by atoms with Crippen molar-refractivity contribution >= 4 is 12.1 Å². The molecule has 0 saturated carbocycles. The summed E-state index contributed by atoms with van der Waals surface area (Å²) in [6, 6.07) is 0. The highest BCUT2D eigenvalue weighted by molar-refractivity contribution is 5.76. The molecule has 0 aromatic heterocycles. The molecule has 0 heterocycles. The van der Waals surface area contributed by atoms with E-state index in [0.29, 0.717) is 0 Å². The molecule has 19 heavy (non-hydrogen) atoms. The minimum Gasteiger partial charge on any atom is -0.480 e. The number of hydrogen-bond acceptors (Lipinski definition) is 3. The molecule has 0 spiro atoms. The second-order valence-corrected chi connectivity index (χ2v) is 5.31. The van der Waals surface area contributed by atoms with Crippen LogP contribution < -0.4 is 5.32 Å². The standard InChI is InChI=1S/C7H13NO4.C7H16/c1-7(2,3)12-6(11)8-4-5(9)10;1-3-5-7-6-4-2/h4H2,1-3H3,(H,8,11)(H,9,10);3-7H2,1-2H3. The van der Waals surface area contributed by atoms with E-state index in [4.69, 9.17) is 9.84 Å². The molecule has 0 rings (SSSR count). The monoisotopic (exact) mass is 275 g/mol. The van der Waals surface area contributed by atoms with Crippen molar-refractivity contribution in [3.8, 4) is 0 Å². The van der Waals surface area contributed by atoms with Crippen molar-refractivity contribution in [3.05, 3.63) is 0 Å². The molecule has 1 amide bonds. The molecule has 5 heteroatoms. The molecule has 0 aromatic rings. The van der Waals surface area contributed by atoms with E-state index in [-0.39, 0.29) is 0 Å². The fourth-order valence-corrected chi connectivity index (χ4v) is 1.14. The summed E-state index contributed by atoms with van der Waals surface area (Å²) in [5, 5.41) is 10.3. The first-order valence-electron chi connectivity index (χ1n) is 6.91. The van der Waals surface area contributed by atoms with Crippen molar-refractivity contribution < 1.29 is 19.4 Å². The van der Waals surface area contributed by atoms with Gasteiger partial charge in [-0.2, -0.15) is 0 Å². The minimum absolute atomic E-state index is 0.422. The minimum atomic E-state index is -1.10. The van der Waals surface area contributed by atoms with Crippen molar-refractivity contribution in [2.24, 2.45) is 0 Å². The summed E-state index contributed by atoms with van der Waals surface area (Å²) in [5.74, 6) is -1.10. The highest BCUT2D eigenvalue weighted by atomic mass is 16.6. The fraction of sp³-hybridized carbons (Fsp3) is 0.857. The van der Waals surface area contributed by atoms with Crippen LogP contribution in [-0.2, 0) is 9.53 Å². The third-order valence-corrected chi connectivity index (χ3v) is 1.99. The number of unbranched alkanes of at least 4 members (excludes halogenated alkanes) is 4. The zero-order valence-corrected chi connectivity index (χ0v) is 12.9. The van der Waals surface area contributed by atoms with Crippen molar-refractivity contribution in [3.63, 3.8) is 0 Å². The Labute approximate surface area is 116 Å². The Hall–Kier alpha value is -1.26. The van der Waals surface area contributed by atoms with Crippen LogP contribution in [0.2, 0.25) is 0 Å². The van der Waals surface area contributed by atoms with Gasteiger partial charge in [0.05, 0.1) is 0 Å². The lowest BCUT2D eigenvalue weighted by Crippen LogP contribution is -2.35. The maximum absolute atomic E-state index is 10.8. The molecular formula is C14H29NO4. The lowest BCUT2D eigenvalue weighted by molar-refractivity contribution is -0.136. The van der Waals surface area contributed by atoms with Gasteiger partial charge in [-0.15, -0.1) is 0 Å². The summed E-state index contributed by atoms with van der Waals surface area (Å²) < 4.78 is 4.77. The SMILES string of the molecule is CC(C)(C)OC(=O)NCC(=O)O.CCCCCCC. The largest absolute Gasteiger partial charge is 0.480 e. The molecule has 0 aliphatic carbocycles. The van der Waals surface area contributed by atoms with Crippen LogP contribution in [0.25, 0.3) is 0 Å². The summed E-state index contributed by atoms with van der Waals surface area (Å²) in [7, 11) is 0. The summed E-state index contributed by atoms with van der Waals surface area (Å²) in [6.45, 7) is 9.17. The van der Waals surface area contributed by atoms with Gasteiger partial charge in [0.15, 0.2) is 0 Å². The van der Waals surface area contributed by atoms with Gasteiger partial charge in [-0.1, -0.05) is 46.0 Å². The number of carbonyl (C=O) groups excluding carboxylic acids is 1. The number of ether oxygens (including phenoxy) is 1. The number of aliphatic carboxylic acids is 1. The van der Waals surface area contributed by atoms with Crippen LogP contribution in [0.3, 0.4) is 0 Å². The van der Waals surface area contributed by atoms with E-state index in [9.17, 15) is 9.59 Å². The van der Waals surface area contributed by atoms with E-state index in [2.05, 4.69) is 19.2 Å². The van der Waals surface area contributed by atoms with Crippen LogP contribution in [0, 0.1) is 0 Å². The van der Waals surface area contributed by atoms with Crippen LogP contribution in [0.1, 0.15) is 66.7 Å². The zero-order chi connectivity index (χ0) is 15.3. The Morgan fingerprint density at radius 3 is 1.84 bits per heavy atom. The van der Waals surface area contributed by atoms with Gasteiger partial charge in [-0.3, -0.25) is 4.79 Å². The predicted molar refractivity (Wildman–Crippen MR) is 76.3 cm³/mol. The fourth-order valence-electron chi connectivity index (χ4n) is 1.14. The highest BCUT2D eigenvalue weighted by Crippen LogP contribution is 2.05. The van der Waals surface area contributed by atoms with E-state index in [1.165, 1.54) is 32.1 Å². The number of hydrogen-bond donors (Lipinski definition) is 2. The summed E-state index contributed by atoms with van der Waals surface area (Å²) in [6.07, 6.45) is 6.29. The molecule has 114 valence electrons. The molecule has 0 aliphatic heterocycles. The maximum Gasteiger partial charge on any atom is 0.408 e. The van der Waals surface area contributed by atoms with Gasteiger partial charge in [0.25, 0.3) is 0 Å². The second kappa shape index (κ2) is 11.8. The zero-order valence-electron chi connectivity index (χ0n) is 12.9. The van der Waals surface area contributed by atoms with E-state index < -0.39 is 24.2 Å². The number of nitrogens with one attached hydrogen (secondary N) is 1. The van der Waals surface area contributed by atoms with Crippen LogP contribution in [0.15, 0.2) is 0 Å². The molecular weight excluding hydrogens is 246 g/mol. The number of amides is 1. The predicted octanol–water partition coefficient (Wildman–Crippen LogP) is 3.57. The van der Waals surface area contributed by atoms with Gasteiger partial charge < -0.3 is 15.2 Å². The summed E-state index contributed by atoms with van der Waals surface area (Å²) in [5.41, 5.74) is -0.595. The smallest absolute Gasteiger partial charge is 0.408 e. The van der Waals surface area contributed by atoms with Gasteiger partial charge in [0, 0.05) is 0 Å². The molecule has 0 aromatic carbocycles. The molecule has 0 unspecified atom stereocenters. The van der Waals surface area contributed by atoms with Crippen molar-refractivity contribution in [2.75, 3.05) is 6.54 Å². The van der Waals surface area contributed by atoms with E-state index in [1.807, 2.05) is 0 Å². The van der Waals surface area contributed by atoms with Gasteiger partial charge in [0.2, 0.25) is 0 Å². The summed E-state index contributed by atoms with van der Waals surface area (Å²) >= 11 is 0. The lowest BCUT2D eigenvalue weighted by Gasteiger charge is -2.19. The molecule has 0 bridgehead atoms. The van der Waals surface area contributed by atoms with Gasteiger partial charge in [-0.05, 0) is 20.8 Å². The average Bonchev–Trinajstić information content (AvgIpc) is 2.26. The Balaban J connectivity index is 0. The first-order valence-corrected chi connectivity index (χ1v) is 6.91. The first kappa shape index (κ1) is 20.1. The van der Waals surface area contributed by atoms with Gasteiger partial charge >= 0.3 is 12.1 Å². The van der Waals surface area contributed by atoms with Crippen molar-refractivity contribution in [1.29, 1.82) is 0 Å². The summed E-state index contributed by atoms with van der Waals surface area (Å²) in [4.78, 5) is 20.8. The lowest BCUT2D eigenvalue weighted by atomic mass is 10.2. The van der Waals surface area contributed by atoms with Crippen molar-refractivity contribution in [1.82, 2.24) is 5.32 Å². The third kappa shape index (κ3) is 22.4. The Morgan fingerprint density at radius 2 is 1.53 bits per heavy atom. The van der Waals surface area contributed by atoms with Crippen LogP contribution in [0.5, 0.6) is 0 Å². The van der Waals surface area contributed by atoms with Gasteiger partial charge in [-0.25, -0.2) is 4.79 Å². The molecule has 0 aliphatic rings. The molecule has 0 fully saturated rings. The Kier molecular flexibility index (Phi) is 12.5. The van der Waals surface area contributed by atoms with Crippen LogP contribution >= 0.6 is 0 Å². The van der Waals surface area contributed by atoms with Gasteiger partial charge in [0.1, 0.15) is 12.1 Å². The van der Waals surface area contributed by atoms with E-state index >= 15 is 0 Å². The third-order valence-electron chi connectivity index (χ3n) is 1.99. The number of carboxylic acids is 1. The molecule has 0 atom stereocenters. The molecule has 0 saturated heterocycles. The van der Waals surface area contributed by atoms with E-state index in [0.717, 1.165) is 0 Å². The Bertz CT molecular complexity index is 242. The first-order chi connectivity index (χ1) is 8.72. The maximum atomic E-state index is 10.8. The molecule has 2 N–H and O–H groups in total. The molecule has 0 radical (unpaired) electrons. The van der Waals surface area contributed by atoms with Crippen LogP contribution in [0.4, 0.5) is 4.79 Å². The quantitative estimate of drug-likeness (QED) is 0.726. The highest BCUT2D eigenvalue weighted by Gasteiger charge is 2.15. The molecule has 5 nitrogen and oxygen atoms in total. The Morgan fingerprint density at radius 1 is 1.05 bits per heavy atom. The normalized spacial score (nSPS) is 10.2. The number of carboxylic acid groups (broad SMARTS) is 1. The van der Waals surface area contributed by atoms with Crippen molar-refractivity contribution in [2.45, 2.75) is 72.3 Å². The van der Waals surface area contributed by atoms with E-state index in [1.54, 1.807) is 20.8 Å². The number of carbonyl (C=O) groups is 2.